The van der Waals surface area contributed by atoms with Crippen molar-refractivity contribution in [2.75, 3.05) is 5.73 Å². The number of nitrogens with two attached hydrogens (primary N) is 1. The number of nitrogens with zero attached hydrogens (tertiary/aromatic N) is 2. The molecule has 0 aliphatic carbocycles. The van der Waals surface area contributed by atoms with Gasteiger partial charge in [-0.05, 0) is 42.0 Å². The quantitative estimate of drug-likeness (QED) is 0.494. The minimum absolute atomic E-state index is 0.190. The van der Waals surface area contributed by atoms with Crippen LogP contribution in [-0.4, -0.2) is 10.2 Å². The first-order valence-corrected chi connectivity index (χ1v) is 9.02. The molecule has 142 valence electrons. The summed E-state index contributed by atoms with van der Waals surface area (Å²) in [5.41, 5.74) is 8.53. The number of nitriles is 1. The SMILES string of the molecule is N#Cc1c(N)n[nH]c1-c1ccc(Oc2cccc(OCc3ccccc3)c2)cc1. The van der Waals surface area contributed by atoms with E-state index < -0.39 is 0 Å². The highest BCUT2D eigenvalue weighted by Crippen LogP contribution is 2.29. The number of aromatic amines is 1. The molecule has 0 aliphatic rings. The molecule has 0 fully saturated rings. The van der Waals surface area contributed by atoms with E-state index in [1.54, 1.807) is 0 Å². The van der Waals surface area contributed by atoms with E-state index in [0.717, 1.165) is 16.9 Å². The normalized spacial score (nSPS) is 10.3. The van der Waals surface area contributed by atoms with Crippen LogP contribution in [0.25, 0.3) is 11.3 Å². The monoisotopic (exact) mass is 382 g/mol. The van der Waals surface area contributed by atoms with Gasteiger partial charge in [-0.2, -0.15) is 10.4 Å². The number of benzene rings is 3. The molecule has 0 bridgehead atoms. The van der Waals surface area contributed by atoms with E-state index in [1.165, 1.54) is 0 Å². The second-order valence-corrected chi connectivity index (χ2v) is 6.35. The van der Waals surface area contributed by atoms with Gasteiger partial charge in [0.05, 0.1) is 5.69 Å². The largest absolute Gasteiger partial charge is 0.489 e. The Balaban J connectivity index is 1.45. The molecule has 0 saturated carbocycles. The second kappa shape index (κ2) is 8.19. The predicted molar refractivity (Wildman–Crippen MR) is 110 cm³/mol. The van der Waals surface area contributed by atoms with Gasteiger partial charge in [0, 0.05) is 11.6 Å². The Labute approximate surface area is 168 Å². The van der Waals surface area contributed by atoms with Crippen LogP contribution in [-0.2, 0) is 6.61 Å². The van der Waals surface area contributed by atoms with E-state index >= 15 is 0 Å². The zero-order valence-electron chi connectivity index (χ0n) is 15.5. The summed E-state index contributed by atoms with van der Waals surface area (Å²) in [6, 6.07) is 26.9. The molecule has 0 aliphatic heterocycles. The Kier molecular flexibility index (Phi) is 5.12. The van der Waals surface area contributed by atoms with Crippen molar-refractivity contribution < 1.29 is 9.47 Å². The van der Waals surface area contributed by atoms with Crippen LogP contribution in [0.15, 0.2) is 78.9 Å². The van der Waals surface area contributed by atoms with E-state index in [2.05, 4.69) is 16.3 Å². The van der Waals surface area contributed by atoms with Crippen molar-refractivity contribution in [3.63, 3.8) is 0 Å². The van der Waals surface area contributed by atoms with Gasteiger partial charge in [0.25, 0.3) is 0 Å². The molecule has 0 radical (unpaired) electrons. The maximum Gasteiger partial charge on any atom is 0.163 e. The van der Waals surface area contributed by atoms with E-state index in [-0.39, 0.29) is 5.82 Å². The summed E-state index contributed by atoms with van der Waals surface area (Å²) in [4.78, 5) is 0. The molecular formula is C23H18N4O2. The van der Waals surface area contributed by atoms with Crippen LogP contribution in [0.5, 0.6) is 17.2 Å². The molecule has 0 unspecified atom stereocenters. The summed E-state index contributed by atoms with van der Waals surface area (Å²) in [6.07, 6.45) is 0. The van der Waals surface area contributed by atoms with Gasteiger partial charge in [0.15, 0.2) is 5.82 Å². The summed E-state index contributed by atoms with van der Waals surface area (Å²) in [5.74, 6) is 2.26. The topological polar surface area (TPSA) is 97.0 Å². The molecule has 29 heavy (non-hydrogen) atoms. The zero-order chi connectivity index (χ0) is 20.1. The first-order chi connectivity index (χ1) is 14.2. The van der Waals surface area contributed by atoms with Gasteiger partial charge in [-0.25, -0.2) is 0 Å². The average Bonchev–Trinajstić information content (AvgIpc) is 3.14. The third kappa shape index (κ3) is 4.20. The fourth-order valence-electron chi connectivity index (χ4n) is 2.87. The molecule has 3 N–H and O–H groups in total. The average molecular weight is 382 g/mol. The maximum absolute atomic E-state index is 9.21. The summed E-state index contributed by atoms with van der Waals surface area (Å²) in [5, 5.41) is 15.9. The van der Waals surface area contributed by atoms with Crippen LogP contribution in [0, 0.1) is 11.3 Å². The van der Waals surface area contributed by atoms with Crippen molar-refractivity contribution in [1.82, 2.24) is 10.2 Å². The first kappa shape index (κ1) is 18.1. The fourth-order valence-corrected chi connectivity index (χ4v) is 2.87. The lowest BCUT2D eigenvalue weighted by atomic mass is 10.1. The van der Waals surface area contributed by atoms with Gasteiger partial charge in [-0.3, -0.25) is 5.10 Å². The number of hydrogen-bond donors (Lipinski definition) is 2. The Bertz CT molecular complexity index is 1150. The van der Waals surface area contributed by atoms with Crippen molar-refractivity contribution in [2.45, 2.75) is 6.61 Å². The summed E-state index contributed by atoms with van der Waals surface area (Å²) < 4.78 is 11.8. The summed E-state index contributed by atoms with van der Waals surface area (Å²) >= 11 is 0. The Morgan fingerprint density at radius 2 is 1.66 bits per heavy atom. The number of H-pyrrole nitrogens is 1. The van der Waals surface area contributed by atoms with Crippen molar-refractivity contribution >= 4 is 5.82 Å². The molecular weight excluding hydrogens is 364 g/mol. The van der Waals surface area contributed by atoms with Crippen LogP contribution < -0.4 is 15.2 Å². The number of rotatable bonds is 6. The van der Waals surface area contributed by atoms with Gasteiger partial charge >= 0.3 is 0 Å². The summed E-state index contributed by atoms with van der Waals surface area (Å²) in [6.45, 7) is 0.494. The Morgan fingerprint density at radius 3 is 2.41 bits per heavy atom. The van der Waals surface area contributed by atoms with Gasteiger partial charge in [-0.15, -0.1) is 0 Å². The van der Waals surface area contributed by atoms with E-state index in [0.29, 0.717) is 29.4 Å². The molecule has 0 atom stereocenters. The standard InChI is InChI=1S/C23H18N4O2/c24-14-21-22(26-27-23(21)25)17-9-11-18(12-10-17)29-20-8-4-7-19(13-20)28-15-16-5-2-1-3-6-16/h1-13H,15H2,(H3,25,26,27). The maximum atomic E-state index is 9.21. The number of hydrogen-bond acceptors (Lipinski definition) is 5. The van der Waals surface area contributed by atoms with Gasteiger partial charge in [0.2, 0.25) is 0 Å². The van der Waals surface area contributed by atoms with Crippen LogP contribution in [0.1, 0.15) is 11.1 Å². The third-order valence-corrected chi connectivity index (χ3v) is 4.34. The van der Waals surface area contributed by atoms with Gasteiger partial charge < -0.3 is 15.2 Å². The lowest BCUT2D eigenvalue weighted by Crippen LogP contribution is -1.95. The summed E-state index contributed by atoms with van der Waals surface area (Å²) in [7, 11) is 0. The number of nitrogens with one attached hydrogen (secondary N) is 1. The smallest absolute Gasteiger partial charge is 0.163 e. The van der Waals surface area contributed by atoms with Crippen LogP contribution >= 0.6 is 0 Å². The molecule has 0 amide bonds. The Hall–Kier alpha value is -4.24. The molecule has 6 nitrogen and oxygen atoms in total. The number of nitrogen functional groups attached to an aromatic ring is 1. The molecule has 1 heterocycles. The van der Waals surface area contributed by atoms with Crippen LogP contribution in [0.4, 0.5) is 5.82 Å². The van der Waals surface area contributed by atoms with E-state index in [4.69, 9.17) is 15.2 Å². The Morgan fingerprint density at radius 1 is 0.897 bits per heavy atom. The third-order valence-electron chi connectivity index (χ3n) is 4.34. The minimum atomic E-state index is 0.190. The van der Waals surface area contributed by atoms with Crippen molar-refractivity contribution in [1.29, 1.82) is 5.26 Å². The highest BCUT2D eigenvalue weighted by Gasteiger charge is 2.12. The van der Waals surface area contributed by atoms with Crippen LogP contribution in [0.2, 0.25) is 0 Å². The van der Waals surface area contributed by atoms with Gasteiger partial charge in [-0.1, -0.05) is 36.4 Å². The highest BCUT2D eigenvalue weighted by molar-refractivity contribution is 5.72. The van der Waals surface area contributed by atoms with Crippen LogP contribution in [0.3, 0.4) is 0 Å². The van der Waals surface area contributed by atoms with Gasteiger partial charge in [0.1, 0.15) is 35.5 Å². The highest BCUT2D eigenvalue weighted by atomic mass is 16.5. The molecule has 0 saturated heterocycles. The molecule has 0 spiro atoms. The molecule has 4 aromatic rings. The fraction of sp³-hybridized carbons (Fsp3) is 0.0435. The lowest BCUT2D eigenvalue weighted by molar-refractivity contribution is 0.304. The van der Waals surface area contributed by atoms with Crippen molar-refractivity contribution in [2.24, 2.45) is 0 Å². The predicted octanol–water partition coefficient (Wildman–Crippen LogP) is 4.90. The van der Waals surface area contributed by atoms with Crippen molar-refractivity contribution in [3.05, 3.63) is 90.0 Å². The molecule has 1 aromatic heterocycles. The number of aromatic nitrogens is 2. The molecule has 4 rings (SSSR count). The van der Waals surface area contributed by atoms with Crippen molar-refractivity contribution in [3.8, 4) is 34.6 Å². The first-order valence-electron chi connectivity index (χ1n) is 9.02. The van der Waals surface area contributed by atoms with E-state index in [9.17, 15) is 5.26 Å². The molecule has 3 aromatic carbocycles. The number of anilines is 1. The lowest BCUT2D eigenvalue weighted by Gasteiger charge is -2.10. The minimum Gasteiger partial charge on any atom is -0.489 e. The molecule has 6 heteroatoms. The number of ether oxygens (including phenoxy) is 2. The zero-order valence-corrected chi connectivity index (χ0v) is 15.5. The van der Waals surface area contributed by atoms with E-state index in [1.807, 2.05) is 78.9 Å². The second-order valence-electron chi connectivity index (χ2n) is 6.35.